The molecule has 1 aliphatic carbocycles. The molecule has 1 unspecified atom stereocenters. The lowest BCUT2D eigenvalue weighted by Gasteiger charge is -2.23. The van der Waals surface area contributed by atoms with Gasteiger partial charge in [-0.2, -0.15) is 4.98 Å². The van der Waals surface area contributed by atoms with Crippen LogP contribution in [-0.4, -0.2) is 16.7 Å². The first-order chi connectivity index (χ1) is 9.43. The molecule has 1 atom stereocenters. The number of nitrogens with zero attached hydrogens (tertiary/aromatic N) is 2. The van der Waals surface area contributed by atoms with E-state index in [0.717, 1.165) is 24.7 Å². The van der Waals surface area contributed by atoms with E-state index >= 15 is 0 Å². The van der Waals surface area contributed by atoms with E-state index in [1.165, 1.54) is 37.0 Å². The third-order valence-corrected chi connectivity index (χ3v) is 4.80. The van der Waals surface area contributed by atoms with Crippen LogP contribution in [0.15, 0.2) is 28.4 Å². The molecule has 1 saturated carbocycles. The maximum atomic E-state index is 4.76. The number of hydrogen-bond acceptors (Lipinski definition) is 5. The van der Waals surface area contributed by atoms with Crippen molar-refractivity contribution in [2.24, 2.45) is 5.92 Å². The number of rotatable bonds is 6. The summed E-state index contributed by atoms with van der Waals surface area (Å²) in [5.74, 6) is 1.56. The summed E-state index contributed by atoms with van der Waals surface area (Å²) < 4.78 is 4.76. The fourth-order valence-corrected chi connectivity index (χ4v) is 3.79. The molecule has 1 fully saturated rings. The largest absolute Gasteiger partial charge is 0.343 e. The quantitative estimate of drug-likeness (QED) is 0.881. The molecule has 5 heteroatoms. The van der Waals surface area contributed by atoms with Crippen LogP contribution in [0.4, 0.5) is 0 Å². The van der Waals surface area contributed by atoms with E-state index in [9.17, 15) is 0 Å². The van der Waals surface area contributed by atoms with Gasteiger partial charge >= 0.3 is 0 Å². The Bertz CT molecular complexity index is 463. The zero-order chi connectivity index (χ0) is 12.9. The normalized spacial score (nSPS) is 17.9. The SMILES string of the molecule is c1csc(C(NCCc2ncon2)C2CCCC2)c1. The fourth-order valence-electron chi connectivity index (χ4n) is 2.90. The summed E-state index contributed by atoms with van der Waals surface area (Å²) in [5, 5.41) is 9.71. The standard InChI is InChI=1S/C14H19N3OS/c1-2-5-11(4-1)14(12-6-3-9-19-12)15-8-7-13-16-10-18-17-13/h3,6,9-11,14-15H,1-2,4-5,7-8H2. The highest BCUT2D eigenvalue weighted by Crippen LogP contribution is 2.37. The molecule has 3 rings (SSSR count). The summed E-state index contributed by atoms with van der Waals surface area (Å²) in [7, 11) is 0. The molecule has 0 aliphatic heterocycles. The van der Waals surface area contributed by atoms with Crippen LogP contribution >= 0.6 is 11.3 Å². The van der Waals surface area contributed by atoms with E-state index in [2.05, 4.69) is 33.0 Å². The summed E-state index contributed by atoms with van der Waals surface area (Å²) >= 11 is 1.85. The molecule has 0 bridgehead atoms. The molecule has 0 spiro atoms. The van der Waals surface area contributed by atoms with E-state index in [1.807, 2.05) is 11.3 Å². The van der Waals surface area contributed by atoms with Crippen LogP contribution in [0.2, 0.25) is 0 Å². The molecule has 19 heavy (non-hydrogen) atoms. The van der Waals surface area contributed by atoms with Gasteiger partial charge in [0.1, 0.15) is 0 Å². The van der Waals surface area contributed by atoms with Crippen LogP contribution in [-0.2, 0) is 6.42 Å². The maximum Gasteiger partial charge on any atom is 0.213 e. The van der Waals surface area contributed by atoms with Crippen molar-refractivity contribution in [1.82, 2.24) is 15.5 Å². The number of hydrogen-bond donors (Lipinski definition) is 1. The lowest BCUT2D eigenvalue weighted by molar-refractivity contribution is 0.370. The van der Waals surface area contributed by atoms with Gasteiger partial charge in [-0.3, -0.25) is 0 Å². The molecule has 2 aromatic rings. The Morgan fingerprint density at radius 1 is 1.42 bits per heavy atom. The van der Waals surface area contributed by atoms with Crippen molar-refractivity contribution in [2.75, 3.05) is 6.54 Å². The fraction of sp³-hybridized carbons (Fsp3) is 0.571. The Kier molecular flexibility index (Phi) is 4.25. The highest BCUT2D eigenvalue weighted by Gasteiger charge is 2.26. The molecule has 0 aromatic carbocycles. The van der Waals surface area contributed by atoms with Gasteiger partial charge in [-0.25, -0.2) is 0 Å². The first-order valence-electron chi connectivity index (χ1n) is 6.95. The Morgan fingerprint density at radius 2 is 2.32 bits per heavy atom. The van der Waals surface area contributed by atoms with Gasteiger partial charge in [-0.05, 0) is 30.2 Å². The van der Waals surface area contributed by atoms with E-state index in [-0.39, 0.29) is 0 Å². The summed E-state index contributed by atoms with van der Waals surface area (Å²) in [5.41, 5.74) is 0. The van der Waals surface area contributed by atoms with E-state index in [4.69, 9.17) is 4.52 Å². The number of thiophene rings is 1. The lowest BCUT2D eigenvalue weighted by atomic mass is 9.96. The van der Waals surface area contributed by atoms with Gasteiger partial charge in [0.2, 0.25) is 6.39 Å². The van der Waals surface area contributed by atoms with Crippen molar-refractivity contribution in [3.05, 3.63) is 34.6 Å². The van der Waals surface area contributed by atoms with E-state index in [0.29, 0.717) is 6.04 Å². The van der Waals surface area contributed by atoms with Gasteiger partial charge in [0, 0.05) is 23.9 Å². The zero-order valence-corrected chi connectivity index (χ0v) is 11.7. The van der Waals surface area contributed by atoms with Crippen LogP contribution in [0.25, 0.3) is 0 Å². The molecule has 1 aliphatic rings. The predicted molar refractivity (Wildman–Crippen MR) is 75.0 cm³/mol. The molecule has 4 nitrogen and oxygen atoms in total. The third-order valence-electron chi connectivity index (χ3n) is 3.84. The molecule has 2 heterocycles. The lowest BCUT2D eigenvalue weighted by Crippen LogP contribution is -2.28. The van der Waals surface area contributed by atoms with Crippen molar-refractivity contribution in [3.8, 4) is 0 Å². The average molecular weight is 277 g/mol. The minimum Gasteiger partial charge on any atom is -0.343 e. The van der Waals surface area contributed by atoms with Gasteiger partial charge < -0.3 is 9.84 Å². The summed E-state index contributed by atoms with van der Waals surface area (Å²) in [6, 6.07) is 4.88. The van der Waals surface area contributed by atoms with Crippen LogP contribution in [0.3, 0.4) is 0 Å². The van der Waals surface area contributed by atoms with Crippen LogP contribution < -0.4 is 5.32 Å². The van der Waals surface area contributed by atoms with Crippen molar-refractivity contribution in [1.29, 1.82) is 0 Å². The minimum atomic E-state index is 0.495. The molecule has 2 aromatic heterocycles. The van der Waals surface area contributed by atoms with Crippen molar-refractivity contribution in [2.45, 2.75) is 38.1 Å². The topological polar surface area (TPSA) is 51.0 Å². The second-order valence-electron chi connectivity index (χ2n) is 5.09. The predicted octanol–water partition coefficient (Wildman–Crippen LogP) is 3.19. The Hall–Kier alpha value is -1.20. The highest BCUT2D eigenvalue weighted by molar-refractivity contribution is 7.10. The summed E-state index contributed by atoms with van der Waals surface area (Å²) in [6.07, 6.45) is 7.65. The third kappa shape index (κ3) is 3.22. The monoisotopic (exact) mass is 277 g/mol. The molecular formula is C14H19N3OS. The average Bonchev–Trinajstić information content (AvgIpc) is 3.15. The molecule has 0 amide bonds. The second kappa shape index (κ2) is 6.30. The molecular weight excluding hydrogens is 258 g/mol. The highest BCUT2D eigenvalue weighted by atomic mass is 32.1. The minimum absolute atomic E-state index is 0.495. The smallest absolute Gasteiger partial charge is 0.213 e. The first-order valence-corrected chi connectivity index (χ1v) is 7.83. The van der Waals surface area contributed by atoms with Gasteiger partial charge in [-0.1, -0.05) is 24.1 Å². The second-order valence-corrected chi connectivity index (χ2v) is 6.07. The van der Waals surface area contributed by atoms with E-state index < -0.39 is 0 Å². The molecule has 102 valence electrons. The Labute approximate surface area is 117 Å². The molecule has 0 radical (unpaired) electrons. The first kappa shape index (κ1) is 12.8. The van der Waals surface area contributed by atoms with E-state index in [1.54, 1.807) is 0 Å². The maximum absolute atomic E-state index is 4.76. The zero-order valence-electron chi connectivity index (χ0n) is 10.9. The van der Waals surface area contributed by atoms with Gasteiger partial charge in [0.05, 0.1) is 0 Å². The molecule has 1 N–H and O–H groups in total. The number of aromatic nitrogens is 2. The van der Waals surface area contributed by atoms with Crippen LogP contribution in [0.1, 0.15) is 42.4 Å². The van der Waals surface area contributed by atoms with Crippen LogP contribution in [0.5, 0.6) is 0 Å². The Morgan fingerprint density at radius 3 is 3.00 bits per heavy atom. The number of nitrogens with one attached hydrogen (secondary N) is 1. The summed E-state index contributed by atoms with van der Waals surface area (Å²) in [6.45, 7) is 0.901. The van der Waals surface area contributed by atoms with Crippen LogP contribution in [0, 0.1) is 5.92 Å². The van der Waals surface area contributed by atoms with Crippen molar-refractivity contribution in [3.63, 3.8) is 0 Å². The van der Waals surface area contributed by atoms with Gasteiger partial charge in [0.15, 0.2) is 5.82 Å². The van der Waals surface area contributed by atoms with Crippen molar-refractivity contribution >= 4 is 11.3 Å². The molecule has 0 saturated heterocycles. The van der Waals surface area contributed by atoms with Gasteiger partial charge in [0.25, 0.3) is 0 Å². The summed E-state index contributed by atoms with van der Waals surface area (Å²) in [4.78, 5) is 5.52. The van der Waals surface area contributed by atoms with Gasteiger partial charge in [-0.15, -0.1) is 11.3 Å². The Balaban J connectivity index is 1.59. The van der Waals surface area contributed by atoms with Crippen molar-refractivity contribution < 1.29 is 4.52 Å².